The average molecular weight is 153 g/mol. The molecule has 1 heterocycles. The normalized spacial score (nSPS) is 9.45. The Morgan fingerprint density at radius 2 is 2.00 bits per heavy atom. The molecule has 0 aliphatic heterocycles. The number of nitrogens with two attached hydrogens (primary N) is 2. The van der Waals surface area contributed by atoms with Crippen LogP contribution in [0, 0.1) is 0 Å². The lowest BCUT2D eigenvalue weighted by atomic mass is 10.5. The molecule has 0 amide bonds. The Kier molecular flexibility index (Phi) is 1.59. The van der Waals surface area contributed by atoms with Gasteiger partial charge >= 0.3 is 0 Å². The van der Waals surface area contributed by atoms with Gasteiger partial charge in [-0.1, -0.05) is 0 Å². The Hall–Kier alpha value is -1.85. The van der Waals surface area contributed by atoms with E-state index in [1.54, 1.807) is 0 Å². The van der Waals surface area contributed by atoms with Gasteiger partial charge in [0.2, 0.25) is 11.8 Å². The second-order valence-corrected chi connectivity index (χ2v) is 1.80. The van der Waals surface area contributed by atoms with Crippen molar-refractivity contribution in [2.45, 2.75) is 0 Å². The van der Waals surface area contributed by atoms with E-state index in [1.165, 1.54) is 0 Å². The first-order chi connectivity index (χ1) is 5.15. The monoisotopic (exact) mass is 153 g/mol. The van der Waals surface area contributed by atoms with Crippen LogP contribution >= 0.6 is 0 Å². The van der Waals surface area contributed by atoms with E-state index >= 15 is 0 Å². The Bertz CT molecular complexity index is 274. The van der Waals surface area contributed by atoms with Gasteiger partial charge in [0, 0.05) is 0 Å². The molecule has 0 spiro atoms. The molecular formula is C5H7N5O. The number of aliphatic imine (C=N–C) groups is 1. The molecule has 0 saturated heterocycles. The van der Waals surface area contributed by atoms with Crippen molar-refractivity contribution in [2.24, 2.45) is 4.99 Å². The fraction of sp³-hybridized carbons (Fsp3) is 0. The second-order valence-electron chi connectivity index (χ2n) is 1.80. The van der Waals surface area contributed by atoms with Crippen LogP contribution in [0.4, 0.5) is 17.5 Å². The number of hydrogen-bond donors (Lipinski definition) is 3. The first kappa shape index (κ1) is 7.26. The van der Waals surface area contributed by atoms with Crippen molar-refractivity contribution in [1.82, 2.24) is 9.97 Å². The highest BCUT2D eigenvalue weighted by molar-refractivity contribution is 5.67. The van der Waals surface area contributed by atoms with E-state index in [-0.39, 0.29) is 23.3 Å². The average Bonchev–Trinajstić information content (AvgIpc) is 1.85. The van der Waals surface area contributed by atoms with Gasteiger partial charge in [-0.2, -0.15) is 9.97 Å². The first-order valence-electron chi connectivity index (χ1n) is 2.74. The van der Waals surface area contributed by atoms with Crippen LogP contribution in [0.1, 0.15) is 0 Å². The predicted molar refractivity (Wildman–Crippen MR) is 41.7 cm³/mol. The Balaban J connectivity index is 3.36. The fourth-order valence-corrected chi connectivity index (χ4v) is 0.629. The van der Waals surface area contributed by atoms with E-state index in [1.807, 2.05) is 0 Å². The van der Waals surface area contributed by atoms with E-state index in [4.69, 9.17) is 16.6 Å². The van der Waals surface area contributed by atoms with Crippen molar-refractivity contribution in [3.8, 4) is 5.88 Å². The molecule has 0 bridgehead atoms. The summed E-state index contributed by atoms with van der Waals surface area (Å²) in [5.74, 6) is -0.428. The summed E-state index contributed by atoms with van der Waals surface area (Å²) in [5, 5.41) is 9.03. The molecule has 5 N–H and O–H groups in total. The Morgan fingerprint density at radius 1 is 1.36 bits per heavy atom. The molecule has 0 fully saturated rings. The zero-order valence-electron chi connectivity index (χ0n) is 5.65. The fourth-order valence-electron chi connectivity index (χ4n) is 0.629. The number of aromatic hydroxyl groups is 1. The van der Waals surface area contributed by atoms with Gasteiger partial charge in [-0.3, -0.25) is 4.99 Å². The molecule has 1 aromatic rings. The SMILES string of the molecule is C=Nc1c(N)nc(N)nc1O. The van der Waals surface area contributed by atoms with Crippen LogP contribution in [-0.4, -0.2) is 21.8 Å². The number of aromatic nitrogens is 2. The van der Waals surface area contributed by atoms with Crippen molar-refractivity contribution in [3.63, 3.8) is 0 Å². The van der Waals surface area contributed by atoms with E-state index < -0.39 is 0 Å². The quantitative estimate of drug-likeness (QED) is 0.479. The van der Waals surface area contributed by atoms with Crippen LogP contribution in [0.3, 0.4) is 0 Å². The van der Waals surface area contributed by atoms with Crippen LogP contribution < -0.4 is 11.5 Å². The number of hydrogen-bond acceptors (Lipinski definition) is 6. The molecule has 0 atom stereocenters. The zero-order chi connectivity index (χ0) is 8.43. The van der Waals surface area contributed by atoms with Crippen molar-refractivity contribution in [1.29, 1.82) is 0 Å². The third-order valence-corrected chi connectivity index (χ3v) is 1.07. The molecule has 6 heteroatoms. The van der Waals surface area contributed by atoms with Gasteiger partial charge in [-0.15, -0.1) is 0 Å². The lowest BCUT2D eigenvalue weighted by Crippen LogP contribution is -1.99. The first-order valence-corrected chi connectivity index (χ1v) is 2.74. The molecule has 0 aliphatic carbocycles. The lowest BCUT2D eigenvalue weighted by molar-refractivity contribution is 0.455. The molecule has 1 aromatic heterocycles. The summed E-state index contributed by atoms with van der Waals surface area (Å²) in [6, 6.07) is 0. The molecule has 1 rings (SSSR count). The van der Waals surface area contributed by atoms with Gasteiger partial charge in [0.1, 0.15) is 0 Å². The molecule has 0 saturated carbocycles. The van der Waals surface area contributed by atoms with Crippen molar-refractivity contribution in [3.05, 3.63) is 0 Å². The summed E-state index contributed by atoms with van der Waals surface area (Å²) in [6.07, 6.45) is 0. The Labute approximate surface area is 62.6 Å². The maximum Gasteiger partial charge on any atom is 0.244 e. The van der Waals surface area contributed by atoms with Gasteiger partial charge in [-0.05, 0) is 6.72 Å². The third-order valence-electron chi connectivity index (χ3n) is 1.07. The van der Waals surface area contributed by atoms with Crippen LogP contribution in [0.25, 0.3) is 0 Å². The molecule has 0 aliphatic rings. The van der Waals surface area contributed by atoms with Gasteiger partial charge < -0.3 is 16.6 Å². The van der Waals surface area contributed by atoms with Crippen molar-refractivity contribution in [2.75, 3.05) is 11.5 Å². The molecule has 0 unspecified atom stereocenters. The van der Waals surface area contributed by atoms with Gasteiger partial charge in [-0.25, -0.2) is 0 Å². The molecular weight excluding hydrogens is 146 g/mol. The van der Waals surface area contributed by atoms with Crippen molar-refractivity contribution < 1.29 is 5.11 Å². The highest BCUT2D eigenvalue weighted by Crippen LogP contribution is 2.28. The van der Waals surface area contributed by atoms with E-state index in [0.717, 1.165) is 0 Å². The maximum atomic E-state index is 9.03. The minimum atomic E-state index is -0.356. The van der Waals surface area contributed by atoms with Gasteiger partial charge in [0.15, 0.2) is 11.5 Å². The minimum absolute atomic E-state index is 0.0185. The lowest BCUT2D eigenvalue weighted by Gasteiger charge is -2.00. The summed E-state index contributed by atoms with van der Waals surface area (Å²) in [7, 11) is 0. The molecule has 6 nitrogen and oxygen atoms in total. The van der Waals surface area contributed by atoms with Crippen molar-refractivity contribution >= 4 is 24.2 Å². The summed E-state index contributed by atoms with van der Waals surface area (Å²) in [4.78, 5) is 10.4. The summed E-state index contributed by atoms with van der Waals surface area (Å²) in [6.45, 7) is 3.17. The number of rotatable bonds is 1. The number of nitrogen functional groups attached to an aromatic ring is 2. The molecule has 0 aromatic carbocycles. The maximum absolute atomic E-state index is 9.03. The summed E-state index contributed by atoms with van der Waals surface area (Å²) < 4.78 is 0. The van der Waals surface area contributed by atoms with Crippen LogP contribution in [-0.2, 0) is 0 Å². The number of anilines is 2. The topological polar surface area (TPSA) is 110 Å². The largest absolute Gasteiger partial charge is 0.492 e. The second kappa shape index (κ2) is 2.41. The van der Waals surface area contributed by atoms with Crippen LogP contribution in [0.15, 0.2) is 4.99 Å². The van der Waals surface area contributed by atoms with Gasteiger partial charge in [0.05, 0.1) is 0 Å². The highest BCUT2D eigenvalue weighted by atomic mass is 16.3. The standard InChI is InChI=1S/C5H7N5O/c1-8-2-3(6)9-5(7)10-4(2)11/h1H2,(H5,6,7,9,10,11). The molecule has 0 radical (unpaired) electrons. The van der Waals surface area contributed by atoms with Gasteiger partial charge in [0.25, 0.3) is 0 Å². The Morgan fingerprint density at radius 3 is 2.45 bits per heavy atom. The molecule has 58 valence electrons. The zero-order valence-corrected chi connectivity index (χ0v) is 5.65. The minimum Gasteiger partial charge on any atom is -0.492 e. The third kappa shape index (κ3) is 1.18. The predicted octanol–water partition coefficient (Wildman–Crippen LogP) is -0.321. The van der Waals surface area contributed by atoms with E-state index in [2.05, 4.69) is 21.7 Å². The van der Waals surface area contributed by atoms with E-state index in [0.29, 0.717) is 0 Å². The summed E-state index contributed by atoms with van der Waals surface area (Å²) in [5.41, 5.74) is 10.5. The van der Waals surface area contributed by atoms with E-state index in [9.17, 15) is 0 Å². The number of nitrogens with zero attached hydrogens (tertiary/aromatic N) is 3. The smallest absolute Gasteiger partial charge is 0.244 e. The van der Waals surface area contributed by atoms with Crippen LogP contribution in [0.5, 0.6) is 5.88 Å². The highest BCUT2D eigenvalue weighted by Gasteiger charge is 2.06. The molecule has 11 heavy (non-hydrogen) atoms. The summed E-state index contributed by atoms with van der Waals surface area (Å²) >= 11 is 0. The van der Waals surface area contributed by atoms with Crippen LogP contribution in [0.2, 0.25) is 0 Å².